The molecule has 2 heterocycles. The first-order valence-electron chi connectivity index (χ1n) is 11.8. The smallest absolute Gasteiger partial charge is 0.416 e. The van der Waals surface area contributed by atoms with Crippen molar-refractivity contribution in [2.24, 2.45) is 0 Å². The number of alkyl halides is 3. The van der Waals surface area contributed by atoms with Gasteiger partial charge in [-0.2, -0.15) is 13.2 Å². The van der Waals surface area contributed by atoms with E-state index in [2.05, 4.69) is 15.5 Å². The SMILES string of the molecule is Fc1ccc(Cn2nnnc2[C@H](c2cccc(C(F)(F)F)c2)N(Cc2ccccc2)Cc2ccco2)cc1. The molecule has 0 saturated heterocycles. The van der Waals surface area contributed by atoms with Crippen molar-refractivity contribution in [3.63, 3.8) is 0 Å². The van der Waals surface area contributed by atoms with Crippen LogP contribution in [0.5, 0.6) is 0 Å². The first-order chi connectivity index (χ1) is 18.4. The number of furan rings is 1. The van der Waals surface area contributed by atoms with E-state index in [-0.39, 0.29) is 18.9 Å². The fraction of sp³-hybridized carbons (Fsp3) is 0.179. The maximum Gasteiger partial charge on any atom is 0.416 e. The number of hydrogen-bond donors (Lipinski definition) is 0. The van der Waals surface area contributed by atoms with Crippen LogP contribution in [0.1, 0.15) is 39.9 Å². The minimum absolute atomic E-state index is 0.206. The molecule has 5 aromatic rings. The van der Waals surface area contributed by atoms with Crippen LogP contribution >= 0.6 is 0 Å². The van der Waals surface area contributed by atoms with Gasteiger partial charge in [0.1, 0.15) is 11.6 Å². The van der Waals surface area contributed by atoms with Crippen LogP contribution in [0.3, 0.4) is 0 Å². The third-order valence-electron chi connectivity index (χ3n) is 6.11. The monoisotopic (exact) mass is 521 g/mol. The van der Waals surface area contributed by atoms with Crippen LogP contribution in [0.15, 0.2) is 102 Å². The molecule has 0 aliphatic rings. The Hall–Kier alpha value is -4.31. The quantitative estimate of drug-likeness (QED) is 0.214. The Morgan fingerprint density at radius 3 is 2.34 bits per heavy atom. The molecule has 0 aliphatic carbocycles. The van der Waals surface area contributed by atoms with Crippen molar-refractivity contribution in [1.29, 1.82) is 0 Å². The number of benzene rings is 3. The average Bonchev–Trinajstić information content (AvgIpc) is 3.58. The third kappa shape index (κ3) is 5.97. The van der Waals surface area contributed by atoms with Crippen molar-refractivity contribution in [2.75, 3.05) is 0 Å². The summed E-state index contributed by atoms with van der Waals surface area (Å²) in [6.45, 7) is 0.871. The largest absolute Gasteiger partial charge is 0.468 e. The molecule has 3 aromatic carbocycles. The fourth-order valence-corrected chi connectivity index (χ4v) is 4.35. The summed E-state index contributed by atoms with van der Waals surface area (Å²) in [6, 6.07) is 23.5. The van der Waals surface area contributed by atoms with Gasteiger partial charge >= 0.3 is 6.18 Å². The highest BCUT2D eigenvalue weighted by Crippen LogP contribution is 2.35. The summed E-state index contributed by atoms with van der Waals surface area (Å²) >= 11 is 0. The predicted molar refractivity (Wildman–Crippen MR) is 131 cm³/mol. The lowest BCUT2D eigenvalue weighted by molar-refractivity contribution is -0.137. The van der Waals surface area contributed by atoms with Gasteiger partial charge in [0.2, 0.25) is 0 Å². The molecule has 0 amide bonds. The maximum absolute atomic E-state index is 13.7. The molecule has 0 unspecified atom stereocenters. The predicted octanol–water partition coefficient (Wildman–Crippen LogP) is 6.26. The van der Waals surface area contributed by atoms with Crippen molar-refractivity contribution < 1.29 is 22.0 Å². The minimum Gasteiger partial charge on any atom is -0.468 e. The van der Waals surface area contributed by atoms with Gasteiger partial charge in [-0.05, 0) is 63.5 Å². The summed E-state index contributed by atoms with van der Waals surface area (Å²) in [5.41, 5.74) is 1.30. The normalized spacial score (nSPS) is 12.7. The van der Waals surface area contributed by atoms with E-state index >= 15 is 0 Å². The molecule has 38 heavy (non-hydrogen) atoms. The van der Waals surface area contributed by atoms with E-state index in [0.717, 1.165) is 23.3 Å². The van der Waals surface area contributed by atoms with E-state index < -0.39 is 17.8 Å². The van der Waals surface area contributed by atoms with E-state index in [1.807, 2.05) is 41.3 Å². The highest BCUT2D eigenvalue weighted by atomic mass is 19.4. The second-order valence-electron chi connectivity index (χ2n) is 8.82. The van der Waals surface area contributed by atoms with Crippen molar-refractivity contribution in [1.82, 2.24) is 25.1 Å². The number of rotatable bonds is 9. The van der Waals surface area contributed by atoms with E-state index in [4.69, 9.17) is 4.42 Å². The van der Waals surface area contributed by atoms with Gasteiger partial charge in [-0.25, -0.2) is 9.07 Å². The second-order valence-corrected chi connectivity index (χ2v) is 8.82. The molecule has 5 rings (SSSR count). The molecular weight excluding hydrogens is 498 g/mol. The Morgan fingerprint density at radius 2 is 1.63 bits per heavy atom. The first-order valence-corrected chi connectivity index (χ1v) is 11.8. The fourth-order valence-electron chi connectivity index (χ4n) is 4.35. The van der Waals surface area contributed by atoms with Gasteiger partial charge in [0.15, 0.2) is 5.82 Å². The third-order valence-corrected chi connectivity index (χ3v) is 6.11. The first kappa shape index (κ1) is 25.3. The van der Waals surface area contributed by atoms with Crippen molar-refractivity contribution in [3.05, 3.63) is 137 Å². The number of hydrogen-bond acceptors (Lipinski definition) is 5. The number of aromatic nitrogens is 4. The number of halogens is 4. The van der Waals surface area contributed by atoms with E-state index in [1.165, 1.54) is 22.9 Å². The average molecular weight is 522 g/mol. The lowest BCUT2D eigenvalue weighted by atomic mass is 10.00. The van der Waals surface area contributed by atoms with Gasteiger partial charge < -0.3 is 4.42 Å². The van der Waals surface area contributed by atoms with Crippen LogP contribution in [0.4, 0.5) is 17.6 Å². The molecule has 6 nitrogen and oxygen atoms in total. The van der Waals surface area contributed by atoms with E-state index in [0.29, 0.717) is 23.7 Å². The zero-order valence-electron chi connectivity index (χ0n) is 20.1. The molecule has 0 N–H and O–H groups in total. The highest BCUT2D eigenvalue weighted by molar-refractivity contribution is 5.32. The van der Waals surface area contributed by atoms with Crippen LogP contribution in [-0.2, 0) is 25.8 Å². The van der Waals surface area contributed by atoms with Crippen molar-refractivity contribution >= 4 is 0 Å². The molecule has 0 fully saturated rings. The minimum atomic E-state index is -4.52. The van der Waals surface area contributed by atoms with Gasteiger partial charge in [0.25, 0.3) is 0 Å². The Labute approximate surface area is 216 Å². The molecule has 10 heteroatoms. The Bertz CT molecular complexity index is 1450. The van der Waals surface area contributed by atoms with Crippen molar-refractivity contribution in [2.45, 2.75) is 31.9 Å². The topological polar surface area (TPSA) is 60.0 Å². The van der Waals surface area contributed by atoms with Crippen LogP contribution in [0.2, 0.25) is 0 Å². The maximum atomic E-state index is 13.7. The van der Waals surface area contributed by atoms with E-state index in [1.54, 1.807) is 30.5 Å². The zero-order valence-corrected chi connectivity index (χ0v) is 20.1. The summed E-state index contributed by atoms with van der Waals surface area (Å²) < 4.78 is 61.8. The number of nitrogens with zero attached hydrogens (tertiary/aromatic N) is 5. The van der Waals surface area contributed by atoms with Crippen LogP contribution in [0.25, 0.3) is 0 Å². The zero-order chi connectivity index (χ0) is 26.5. The van der Waals surface area contributed by atoms with Gasteiger partial charge in [0, 0.05) is 6.54 Å². The molecule has 2 aromatic heterocycles. The van der Waals surface area contributed by atoms with Crippen LogP contribution < -0.4 is 0 Å². The van der Waals surface area contributed by atoms with Crippen molar-refractivity contribution in [3.8, 4) is 0 Å². The standard InChI is InChI=1S/C28H23F4N5O/c29-24-13-11-21(12-14-24)18-37-27(33-34-35-37)26(22-8-4-9-23(16-22)28(30,31)32)36(19-25-10-5-15-38-25)17-20-6-2-1-3-7-20/h1-16,26H,17-19H2/t26-/m0/s1. The molecule has 0 saturated carbocycles. The Kier molecular flexibility index (Phi) is 7.32. The molecule has 0 spiro atoms. The van der Waals surface area contributed by atoms with Crippen LogP contribution in [-0.4, -0.2) is 25.1 Å². The second kappa shape index (κ2) is 11.0. The summed E-state index contributed by atoms with van der Waals surface area (Å²) in [5.74, 6) is 0.603. The lowest BCUT2D eigenvalue weighted by Crippen LogP contribution is -2.31. The Morgan fingerprint density at radius 1 is 0.842 bits per heavy atom. The lowest BCUT2D eigenvalue weighted by Gasteiger charge is -2.31. The summed E-state index contributed by atoms with van der Waals surface area (Å²) in [7, 11) is 0. The molecule has 0 radical (unpaired) electrons. The Balaban J connectivity index is 1.62. The van der Waals surface area contributed by atoms with Gasteiger partial charge in [-0.1, -0.05) is 54.6 Å². The summed E-state index contributed by atoms with van der Waals surface area (Å²) in [6.07, 6.45) is -2.97. The molecular formula is C28H23F4N5O. The molecule has 1 atom stereocenters. The molecule has 0 aliphatic heterocycles. The van der Waals surface area contributed by atoms with Crippen LogP contribution in [0, 0.1) is 5.82 Å². The highest BCUT2D eigenvalue weighted by Gasteiger charge is 2.34. The van der Waals surface area contributed by atoms with Gasteiger partial charge in [-0.3, -0.25) is 4.90 Å². The van der Waals surface area contributed by atoms with Gasteiger partial charge in [0.05, 0.1) is 31.0 Å². The molecule has 0 bridgehead atoms. The molecule has 194 valence electrons. The summed E-state index contributed by atoms with van der Waals surface area (Å²) in [4.78, 5) is 1.97. The summed E-state index contributed by atoms with van der Waals surface area (Å²) in [5, 5.41) is 12.2. The van der Waals surface area contributed by atoms with Gasteiger partial charge in [-0.15, -0.1) is 5.10 Å². The van der Waals surface area contributed by atoms with E-state index in [9.17, 15) is 17.6 Å². The number of tetrazole rings is 1.